The van der Waals surface area contributed by atoms with Crippen LogP contribution in [-0.4, -0.2) is 26.2 Å². The number of aliphatic hydroxyl groups is 1. The van der Waals surface area contributed by atoms with Crippen molar-refractivity contribution in [2.45, 2.75) is 29.8 Å². The fourth-order valence-corrected chi connectivity index (χ4v) is 3.38. The quantitative estimate of drug-likeness (QED) is 0.715. The minimum atomic E-state index is -5.45. The number of nitrogens with one attached hydrogen (secondary N) is 1. The highest BCUT2D eigenvalue weighted by Crippen LogP contribution is 2.40. The Kier molecular flexibility index (Phi) is 5.84. The Labute approximate surface area is 156 Å². The monoisotopic (exact) mass is 427 g/mol. The summed E-state index contributed by atoms with van der Waals surface area (Å²) in [4.78, 5) is -0.355. The van der Waals surface area contributed by atoms with Crippen molar-refractivity contribution in [3.8, 4) is 0 Å². The number of sulfonamides is 1. The van der Waals surface area contributed by atoms with Crippen molar-refractivity contribution < 1.29 is 39.9 Å². The molecule has 154 valence electrons. The smallest absolute Gasteiger partial charge is 0.375 e. The molecule has 1 atom stereocenters. The van der Waals surface area contributed by atoms with Crippen molar-refractivity contribution in [3.05, 3.63) is 65.2 Å². The van der Waals surface area contributed by atoms with Crippen LogP contribution >= 0.6 is 0 Å². The van der Waals surface area contributed by atoms with Crippen LogP contribution in [0.3, 0.4) is 0 Å². The zero-order valence-electron chi connectivity index (χ0n) is 14.3. The van der Waals surface area contributed by atoms with Crippen LogP contribution in [0.5, 0.6) is 0 Å². The maximum absolute atomic E-state index is 13.5. The summed E-state index contributed by atoms with van der Waals surface area (Å²) in [6.45, 7) is 0.0634. The summed E-state index contributed by atoms with van der Waals surface area (Å²) in [5, 5.41) is 10.1. The van der Waals surface area contributed by atoms with Gasteiger partial charge in [-0.05, 0) is 36.8 Å². The van der Waals surface area contributed by atoms with Gasteiger partial charge in [0.25, 0.3) is 0 Å². The summed E-state index contributed by atoms with van der Waals surface area (Å²) in [6, 6.07) is 7.13. The van der Waals surface area contributed by atoms with Gasteiger partial charge >= 0.3 is 12.4 Å². The van der Waals surface area contributed by atoms with E-state index in [0.29, 0.717) is 23.8 Å². The second kappa shape index (κ2) is 7.37. The fraction of sp³-hybridized carbons (Fsp3) is 0.294. The Balaban J connectivity index is 2.41. The third-order valence-electron chi connectivity index (χ3n) is 3.99. The number of hydrogen-bond acceptors (Lipinski definition) is 3. The van der Waals surface area contributed by atoms with Crippen molar-refractivity contribution in [2.75, 3.05) is 6.54 Å². The lowest BCUT2D eigenvalue weighted by molar-refractivity contribution is -0.263. The average Bonchev–Trinajstić information content (AvgIpc) is 2.58. The molecule has 2 N–H and O–H groups in total. The number of halogens is 6. The predicted molar refractivity (Wildman–Crippen MR) is 87.8 cm³/mol. The second-order valence-corrected chi connectivity index (χ2v) is 7.84. The molecule has 0 fully saturated rings. The van der Waals surface area contributed by atoms with Gasteiger partial charge in [-0.3, -0.25) is 0 Å². The van der Waals surface area contributed by atoms with Gasteiger partial charge in [0, 0.05) is 0 Å². The Morgan fingerprint density at radius 1 is 0.929 bits per heavy atom. The van der Waals surface area contributed by atoms with E-state index in [9.17, 15) is 39.9 Å². The predicted octanol–water partition coefficient (Wildman–Crippen LogP) is 3.74. The van der Waals surface area contributed by atoms with Crippen molar-refractivity contribution in [3.63, 3.8) is 0 Å². The maximum atomic E-state index is 13.5. The first-order valence-electron chi connectivity index (χ1n) is 7.70. The molecule has 0 aliphatic rings. The fourth-order valence-electron chi connectivity index (χ4n) is 2.32. The van der Waals surface area contributed by atoms with E-state index in [0.717, 1.165) is 12.1 Å². The Hall–Kier alpha value is -2.11. The average molecular weight is 427 g/mol. The minimum absolute atomic E-state index is 0.133. The molecular formula is C17H15F6NO3S. The van der Waals surface area contributed by atoms with E-state index >= 15 is 0 Å². The van der Waals surface area contributed by atoms with E-state index in [1.165, 1.54) is 12.1 Å². The molecule has 2 rings (SSSR count). The maximum Gasteiger partial charge on any atom is 0.422 e. The second-order valence-electron chi connectivity index (χ2n) is 6.07. The van der Waals surface area contributed by atoms with Gasteiger partial charge in [-0.1, -0.05) is 29.8 Å². The molecule has 0 aliphatic carbocycles. The molecule has 0 aliphatic heterocycles. The first kappa shape index (κ1) is 22.2. The van der Waals surface area contributed by atoms with Crippen LogP contribution in [0.4, 0.5) is 26.3 Å². The van der Waals surface area contributed by atoms with Crippen LogP contribution in [0, 0.1) is 6.92 Å². The molecule has 0 radical (unpaired) electrons. The molecule has 11 heteroatoms. The van der Waals surface area contributed by atoms with Gasteiger partial charge in [-0.2, -0.15) is 26.3 Å². The Bertz CT molecular complexity index is 939. The minimum Gasteiger partial charge on any atom is -0.375 e. The van der Waals surface area contributed by atoms with Gasteiger partial charge < -0.3 is 5.11 Å². The summed E-state index contributed by atoms with van der Waals surface area (Å²) < 4.78 is 105. The molecule has 2 aromatic rings. The van der Waals surface area contributed by atoms with Gasteiger partial charge in [-0.25, -0.2) is 13.1 Å². The van der Waals surface area contributed by atoms with Gasteiger partial charge in [0.05, 0.1) is 17.0 Å². The first-order chi connectivity index (χ1) is 12.7. The first-order valence-corrected chi connectivity index (χ1v) is 9.18. The molecule has 28 heavy (non-hydrogen) atoms. The van der Waals surface area contributed by atoms with Gasteiger partial charge in [-0.15, -0.1) is 0 Å². The molecule has 2 aromatic carbocycles. The lowest BCUT2D eigenvalue weighted by Crippen LogP contribution is -2.51. The molecule has 4 nitrogen and oxygen atoms in total. The number of alkyl halides is 6. The molecule has 1 unspecified atom stereocenters. The van der Waals surface area contributed by atoms with Crippen molar-refractivity contribution in [1.82, 2.24) is 4.72 Å². The highest BCUT2D eigenvalue weighted by molar-refractivity contribution is 7.89. The van der Waals surface area contributed by atoms with E-state index in [-0.39, 0.29) is 11.0 Å². The van der Waals surface area contributed by atoms with E-state index in [4.69, 9.17) is 0 Å². The van der Waals surface area contributed by atoms with E-state index in [1.807, 2.05) is 0 Å². The zero-order valence-corrected chi connectivity index (χ0v) is 15.1. The molecule has 0 aromatic heterocycles. The normalized spacial score (nSPS) is 15.3. The summed E-state index contributed by atoms with van der Waals surface area (Å²) in [5.41, 5.74) is -5.71. The van der Waals surface area contributed by atoms with Crippen LogP contribution in [0.25, 0.3) is 0 Å². The van der Waals surface area contributed by atoms with E-state index < -0.39 is 45.6 Å². The van der Waals surface area contributed by atoms with Crippen LogP contribution in [-0.2, 0) is 21.8 Å². The summed E-state index contributed by atoms with van der Waals surface area (Å²) in [6.07, 6.45) is -10.4. The van der Waals surface area contributed by atoms with Crippen molar-refractivity contribution in [2.24, 2.45) is 0 Å². The molecular weight excluding hydrogens is 412 g/mol. The zero-order chi connectivity index (χ0) is 21.4. The van der Waals surface area contributed by atoms with Crippen LogP contribution < -0.4 is 4.72 Å². The summed E-state index contributed by atoms with van der Waals surface area (Å²) in [5.74, 6) is 0. The SMILES string of the molecule is Cc1ccc(S(=O)(=O)NCC(O)(c2cccc(C(F)(F)F)c2)C(F)(F)F)cc1. The lowest BCUT2D eigenvalue weighted by Gasteiger charge is -2.31. The molecule has 0 saturated heterocycles. The van der Waals surface area contributed by atoms with Gasteiger partial charge in [0.1, 0.15) is 0 Å². The van der Waals surface area contributed by atoms with Crippen molar-refractivity contribution in [1.29, 1.82) is 0 Å². The van der Waals surface area contributed by atoms with Crippen LogP contribution in [0.2, 0.25) is 0 Å². The van der Waals surface area contributed by atoms with Gasteiger partial charge in [0.2, 0.25) is 10.0 Å². The van der Waals surface area contributed by atoms with E-state index in [1.54, 1.807) is 11.6 Å². The highest BCUT2D eigenvalue weighted by Gasteiger charge is 2.55. The standard InChI is InChI=1S/C17H15F6NO3S/c1-11-5-7-14(8-6-11)28(26,27)24-10-15(25,17(21,22)23)12-3-2-4-13(9-12)16(18,19)20/h2-9,24-25H,10H2,1H3. The Morgan fingerprint density at radius 2 is 1.46 bits per heavy atom. The Morgan fingerprint density at radius 3 is 1.96 bits per heavy atom. The number of aryl methyl sites for hydroxylation is 1. The summed E-state index contributed by atoms with van der Waals surface area (Å²) in [7, 11) is -4.45. The number of benzene rings is 2. The number of hydrogen-bond donors (Lipinski definition) is 2. The third-order valence-corrected chi connectivity index (χ3v) is 5.40. The molecule has 0 heterocycles. The number of rotatable bonds is 5. The van der Waals surface area contributed by atoms with E-state index in [2.05, 4.69) is 0 Å². The largest absolute Gasteiger partial charge is 0.422 e. The third kappa shape index (κ3) is 4.65. The molecule has 0 bridgehead atoms. The van der Waals surface area contributed by atoms with Crippen LogP contribution in [0.15, 0.2) is 53.4 Å². The topological polar surface area (TPSA) is 66.4 Å². The lowest BCUT2D eigenvalue weighted by atomic mass is 9.92. The van der Waals surface area contributed by atoms with Crippen LogP contribution in [0.1, 0.15) is 16.7 Å². The molecule has 0 amide bonds. The molecule has 0 saturated carbocycles. The molecule has 0 spiro atoms. The van der Waals surface area contributed by atoms with Crippen molar-refractivity contribution >= 4 is 10.0 Å². The van der Waals surface area contributed by atoms with Gasteiger partial charge in [0.15, 0.2) is 5.60 Å². The summed E-state index contributed by atoms with van der Waals surface area (Å²) >= 11 is 0. The highest BCUT2D eigenvalue weighted by atomic mass is 32.2.